The van der Waals surface area contributed by atoms with Crippen LogP contribution in [0.1, 0.15) is 13.8 Å². The number of rotatable bonds is 16. The number of benzene rings is 2. The van der Waals surface area contributed by atoms with E-state index >= 15 is 0 Å². The SMILES string of the molecule is CCN(CC)CCNOOSc1ccc(N=N/C(=C\OC)OC=Nc2ccc3[nH]c(=O)[nH]c3c2)c([N+](=O)[O-])c1. The number of hydrogen-bond acceptors (Lipinski definition) is 13. The Morgan fingerprint density at radius 1 is 1.18 bits per heavy atom. The molecule has 0 unspecified atom stereocenters. The number of nitro benzene ring substituents is 1. The van der Waals surface area contributed by atoms with Crippen molar-refractivity contribution in [3.63, 3.8) is 0 Å². The number of fused-ring (bicyclic) bond motifs is 1. The second kappa shape index (κ2) is 15.4. The van der Waals surface area contributed by atoms with Crippen LogP contribution in [0.5, 0.6) is 0 Å². The number of H-pyrrole nitrogens is 2. The van der Waals surface area contributed by atoms with Crippen LogP contribution >= 0.6 is 12.0 Å². The van der Waals surface area contributed by atoms with E-state index in [0.29, 0.717) is 28.2 Å². The van der Waals surface area contributed by atoms with E-state index in [-0.39, 0.29) is 22.9 Å². The van der Waals surface area contributed by atoms with Crippen molar-refractivity contribution in [1.29, 1.82) is 0 Å². The summed E-state index contributed by atoms with van der Waals surface area (Å²) in [5.41, 5.74) is 3.75. The van der Waals surface area contributed by atoms with Gasteiger partial charge in [0, 0.05) is 24.1 Å². The molecular formula is C23H28N8O7S. The summed E-state index contributed by atoms with van der Waals surface area (Å²) in [6, 6.07) is 9.26. The topological polar surface area (TPSA) is 181 Å². The molecule has 0 atom stereocenters. The lowest BCUT2D eigenvalue weighted by molar-refractivity contribution is -0.384. The number of imidazole rings is 1. The van der Waals surface area contributed by atoms with Gasteiger partial charge >= 0.3 is 5.69 Å². The zero-order valence-electron chi connectivity index (χ0n) is 21.4. The highest BCUT2D eigenvalue weighted by atomic mass is 32.2. The first kappa shape index (κ1) is 29.5. The van der Waals surface area contributed by atoms with E-state index in [2.05, 4.69) is 49.4 Å². The summed E-state index contributed by atoms with van der Waals surface area (Å²) < 4.78 is 15.3. The van der Waals surface area contributed by atoms with Crippen molar-refractivity contribution >= 4 is 46.5 Å². The van der Waals surface area contributed by atoms with Crippen molar-refractivity contribution in [2.24, 2.45) is 15.2 Å². The van der Waals surface area contributed by atoms with Crippen molar-refractivity contribution in [1.82, 2.24) is 20.3 Å². The van der Waals surface area contributed by atoms with Crippen LogP contribution in [-0.2, 0) is 18.8 Å². The number of aromatic amines is 2. The number of hydroxylamine groups is 1. The maximum absolute atomic E-state index is 11.6. The maximum atomic E-state index is 11.6. The smallest absolute Gasteiger partial charge is 0.323 e. The first-order valence-electron chi connectivity index (χ1n) is 11.7. The molecule has 3 aromatic rings. The van der Waals surface area contributed by atoms with Crippen LogP contribution in [0.25, 0.3) is 11.0 Å². The van der Waals surface area contributed by atoms with Crippen molar-refractivity contribution in [2.75, 3.05) is 33.3 Å². The van der Waals surface area contributed by atoms with Gasteiger partial charge in [-0.05, 0) is 43.4 Å². The summed E-state index contributed by atoms with van der Waals surface area (Å²) in [4.78, 5) is 39.3. The number of methoxy groups -OCH3 is 1. The summed E-state index contributed by atoms with van der Waals surface area (Å²) in [5.74, 6) is -0.113. The Balaban J connectivity index is 1.58. The average molecular weight is 561 g/mol. The zero-order chi connectivity index (χ0) is 28.0. The van der Waals surface area contributed by atoms with Crippen LogP contribution in [0.4, 0.5) is 17.1 Å². The molecule has 3 rings (SSSR count). The van der Waals surface area contributed by atoms with E-state index in [0.717, 1.165) is 44.3 Å². The second-order valence-corrected chi connectivity index (χ2v) is 8.39. The molecule has 208 valence electrons. The highest BCUT2D eigenvalue weighted by Crippen LogP contribution is 2.33. The predicted octanol–water partition coefficient (Wildman–Crippen LogP) is 4.47. The van der Waals surface area contributed by atoms with E-state index in [9.17, 15) is 14.9 Å². The summed E-state index contributed by atoms with van der Waals surface area (Å²) in [6.45, 7) is 7.33. The molecule has 0 amide bonds. The first-order valence-corrected chi connectivity index (χ1v) is 12.5. The van der Waals surface area contributed by atoms with Gasteiger partial charge in [0.25, 0.3) is 11.6 Å². The van der Waals surface area contributed by atoms with Crippen LogP contribution in [0, 0.1) is 10.1 Å². The lowest BCUT2D eigenvalue weighted by Gasteiger charge is -2.17. The molecule has 0 radical (unpaired) electrons. The third-order valence-corrected chi connectivity index (χ3v) is 5.72. The van der Waals surface area contributed by atoms with Gasteiger partial charge in [0.2, 0.25) is 0 Å². The molecule has 0 spiro atoms. The van der Waals surface area contributed by atoms with Crippen molar-refractivity contribution < 1.29 is 23.7 Å². The molecule has 3 N–H and O–H groups in total. The summed E-state index contributed by atoms with van der Waals surface area (Å²) in [5, 5.41) is 19.4. The minimum absolute atomic E-state index is 0.0213. The highest BCUT2D eigenvalue weighted by Gasteiger charge is 2.16. The van der Waals surface area contributed by atoms with Gasteiger partial charge < -0.3 is 24.3 Å². The number of nitrogens with one attached hydrogen (secondary N) is 3. The quantitative estimate of drug-likeness (QED) is 0.0260. The monoisotopic (exact) mass is 560 g/mol. The molecule has 39 heavy (non-hydrogen) atoms. The Hall–Kier alpha value is -4.09. The minimum atomic E-state index is -0.592. The van der Waals surface area contributed by atoms with Gasteiger partial charge in [0.05, 0.1) is 40.8 Å². The molecular weight excluding hydrogens is 532 g/mol. The van der Waals surface area contributed by atoms with Gasteiger partial charge in [0.1, 0.15) is 6.26 Å². The standard InChI is InChI=1S/C23H28N8O7S/c1-4-30(5-2)11-10-25-37-38-39-17-7-9-19(21(13-17)31(33)34)28-29-22(14-35-3)36-15-24-16-6-8-18-20(12-16)27-23(32)26-18/h6-9,12-15,25H,4-5,10-11H2,1-3H3,(H2,26,27,32)/b22-14+,24-15?,29-28?. The Labute approximate surface area is 227 Å². The van der Waals surface area contributed by atoms with Crippen molar-refractivity contribution in [2.45, 2.75) is 18.7 Å². The van der Waals surface area contributed by atoms with Crippen LogP contribution in [-0.4, -0.2) is 59.5 Å². The van der Waals surface area contributed by atoms with Gasteiger partial charge in [-0.2, -0.15) is 5.48 Å². The fourth-order valence-electron chi connectivity index (χ4n) is 3.17. The molecule has 16 heteroatoms. The Morgan fingerprint density at radius 3 is 2.72 bits per heavy atom. The molecule has 0 aliphatic carbocycles. The van der Waals surface area contributed by atoms with Gasteiger partial charge in [0.15, 0.2) is 12.1 Å². The molecule has 1 heterocycles. The molecule has 0 aliphatic heterocycles. The maximum Gasteiger partial charge on any atom is 0.323 e. The third kappa shape index (κ3) is 9.31. The van der Waals surface area contributed by atoms with E-state index in [1.165, 1.54) is 19.2 Å². The van der Waals surface area contributed by atoms with Crippen molar-refractivity contribution in [3.8, 4) is 0 Å². The summed E-state index contributed by atoms with van der Waals surface area (Å²) >= 11 is 0.804. The van der Waals surface area contributed by atoms with Gasteiger partial charge in [-0.15, -0.1) is 19.6 Å². The number of azo groups is 1. The second-order valence-electron chi connectivity index (χ2n) is 7.62. The van der Waals surface area contributed by atoms with Gasteiger partial charge in [-0.3, -0.25) is 10.1 Å². The zero-order valence-corrected chi connectivity index (χ0v) is 22.3. The number of nitro groups is 1. The van der Waals surface area contributed by atoms with E-state index in [1.54, 1.807) is 24.3 Å². The number of nitrogens with zero attached hydrogens (tertiary/aromatic N) is 5. The average Bonchev–Trinajstić information content (AvgIpc) is 3.30. The van der Waals surface area contributed by atoms with Crippen molar-refractivity contribution in [3.05, 3.63) is 69.1 Å². The van der Waals surface area contributed by atoms with Crippen LogP contribution in [0.3, 0.4) is 0 Å². The molecule has 0 fully saturated rings. The Morgan fingerprint density at radius 2 is 1.97 bits per heavy atom. The lowest BCUT2D eigenvalue weighted by atomic mass is 10.3. The number of aliphatic imine (C=N–C) groups is 1. The summed E-state index contributed by atoms with van der Waals surface area (Å²) in [7, 11) is 1.38. The number of likely N-dealkylation sites (N-methyl/N-ethyl adjacent to an activating group) is 1. The third-order valence-electron chi connectivity index (χ3n) is 5.14. The lowest BCUT2D eigenvalue weighted by Crippen LogP contribution is -2.31. The highest BCUT2D eigenvalue weighted by molar-refractivity contribution is 7.94. The number of ether oxygens (including phenoxy) is 2. The minimum Gasteiger partial charge on any atom is -0.499 e. The Bertz CT molecular complexity index is 1380. The molecule has 0 saturated heterocycles. The first-order chi connectivity index (χ1) is 18.9. The Kier molecular flexibility index (Phi) is 11.6. The summed E-state index contributed by atoms with van der Waals surface area (Å²) in [6.07, 6.45) is 2.24. The predicted molar refractivity (Wildman–Crippen MR) is 145 cm³/mol. The van der Waals surface area contributed by atoms with Crippen LogP contribution in [0.15, 0.2) is 73.5 Å². The van der Waals surface area contributed by atoms with E-state index in [4.69, 9.17) is 18.8 Å². The molecule has 0 aliphatic rings. The fraction of sp³-hybridized carbons (Fsp3) is 0.304. The largest absolute Gasteiger partial charge is 0.499 e. The van der Waals surface area contributed by atoms with Gasteiger partial charge in [-0.25, -0.2) is 9.79 Å². The molecule has 1 aromatic heterocycles. The number of hydrogen-bond donors (Lipinski definition) is 3. The van der Waals surface area contributed by atoms with Gasteiger partial charge in [-0.1, -0.05) is 13.8 Å². The molecule has 0 saturated carbocycles. The molecule has 15 nitrogen and oxygen atoms in total. The fourth-order valence-corrected chi connectivity index (χ4v) is 3.62. The molecule has 2 aromatic carbocycles. The van der Waals surface area contributed by atoms with E-state index < -0.39 is 4.92 Å². The van der Waals surface area contributed by atoms with E-state index in [1.807, 2.05) is 0 Å². The number of aromatic nitrogens is 2. The normalized spacial score (nSPS) is 12.3. The van der Waals surface area contributed by atoms with Crippen LogP contribution < -0.4 is 11.2 Å². The van der Waals surface area contributed by atoms with Crippen LogP contribution in [0.2, 0.25) is 0 Å². The molecule has 0 bridgehead atoms.